The van der Waals surface area contributed by atoms with Crippen LogP contribution >= 0.6 is 0 Å². The first kappa shape index (κ1) is 20.8. The number of halogens is 2. The maximum absolute atomic E-state index is 13.6. The standard InChI is InChI=1S/C22H23F2N5O3/c23-17-4-3-15(12-18(17)24)19-5-6-29(27-19)21-13-20(28-7-10-30-11-8-28)25-22(26-21)32-14-16-2-1-9-31-16/h3-6,12-13,16H,1-2,7-11,14H2. The van der Waals surface area contributed by atoms with Crippen LogP contribution in [0, 0.1) is 11.6 Å². The first-order valence-corrected chi connectivity index (χ1v) is 10.6. The molecule has 5 rings (SSSR count). The van der Waals surface area contributed by atoms with Gasteiger partial charge >= 0.3 is 6.01 Å². The smallest absolute Gasteiger partial charge is 0.320 e. The largest absolute Gasteiger partial charge is 0.461 e. The van der Waals surface area contributed by atoms with Gasteiger partial charge in [-0.15, -0.1) is 0 Å². The molecule has 0 bridgehead atoms. The maximum atomic E-state index is 13.6. The predicted octanol–water partition coefficient (Wildman–Crippen LogP) is 3.00. The maximum Gasteiger partial charge on any atom is 0.320 e. The molecule has 0 amide bonds. The summed E-state index contributed by atoms with van der Waals surface area (Å²) in [5, 5.41) is 4.50. The molecule has 0 aliphatic carbocycles. The molecule has 32 heavy (non-hydrogen) atoms. The Hall–Kier alpha value is -3.11. The van der Waals surface area contributed by atoms with Gasteiger partial charge in [0.1, 0.15) is 12.4 Å². The Morgan fingerprint density at radius 1 is 1.00 bits per heavy atom. The highest BCUT2D eigenvalue weighted by atomic mass is 19.2. The molecule has 10 heteroatoms. The van der Waals surface area contributed by atoms with Crippen LogP contribution in [0.4, 0.5) is 14.6 Å². The number of ether oxygens (including phenoxy) is 3. The van der Waals surface area contributed by atoms with Crippen molar-refractivity contribution in [3.63, 3.8) is 0 Å². The molecule has 0 spiro atoms. The molecular formula is C22H23F2N5O3. The average molecular weight is 443 g/mol. The van der Waals surface area contributed by atoms with Gasteiger partial charge in [0, 0.05) is 37.5 Å². The van der Waals surface area contributed by atoms with E-state index in [4.69, 9.17) is 14.2 Å². The highest BCUT2D eigenvalue weighted by Crippen LogP contribution is 2.24. The summed E-state index contributed by atoms with van der Waals surface area (Å²) in [5.74, 6) is -0.589. The molecule has 2 aliphatic heterocycles. The van der Waals surface area contributed by atoms with Gasteiger partial charge in [-0.05, 0) is 37.1 Å². The van der Waals surface area contributed by atoms with Crippen LogP contribution < -0.4 is 9.64 Å². The Morgan fingerprint density at radius 3 is 2.62 bits per heavy atom. The molecule has 0 radical (unpaired) electrons. The van der Waals surface area contributed by atoms with Crippen molar-refractivity contribution in [2.24, 2.45) is 0 Å². The fourth-order valence-corrected chi connectivity index (χ4v) is 3.74. The number of aromatic nitrogens is 4. The number of hydrogen-bond acceptors (Lipinski definition) is 7. The molecule has 8 nitrogen and oxygen atoms in total. The molecule has 4 heterocycles. The van der Waals surface area contributed by atoms with Crippen molar-refractivity contribution in [2.75, 3.05) is 44.4 Å². The minimum atomic E-state index is -0.918. The zero-order valence-electron chi connectivity index (χ0n) is 17.4. The van der Waals surface area contributed by atoms with E-state index in [0.717, 1.165) is 31.6 Å². The molecule has 0 saturated carbocycles. The first-order chi connectivity index (χ1) is 15.7. The number of nitrogens with zero attached hydrogens (tertiary/aromatic N) is 5. The number of hydrogen-bond donors (Lipinski definition) is 0. The molecule has 2 aliphatic rings. The highest BCUT2D eigenvalue weighted by Gasteiger charge is 2.20. The summed E-state index contributed by atoms with van der Waals surface area (Å²) in [5.41, 5.74) is 0.970. The van der Waals surface area contributed by atoms with Crippen molar-refractivity contribution in [1.82, 2.24) is 19.7 Å². The summed E-state index contributed by atoms with van der Waals surface area (Å²) in [7, 11) is 0. The number of benzene rings is 1. The van der Waals surface area contributed by atoms with Crippen molar-refractivity contribution in [3.05, 3.63) is 48.2 Å². The lowest BCUT2D eigenvalue weighted by Gasteiger charge is -2.28. The minimum Gasteiger partial charge on any atom is -0.461 e. The normalized spacial score (nSPS) is 18.8. The molecule has 1 atom stereocenters. The van der Waals surface area contributed by atoms with E-state index in [0.29, 0.717) is 55.8 Å². The third-order valence-corrected chi connectivity index (χ3v) is 5.48. The van der Waals surface area contributed by atoms with Crippen LogP contribution in [-0.4, -0.2) is 65.4 Å². The summed E-state index contributed by atoms with van der Waals surface area (Å²) in [4.78, 5) is 11.2. The number of anilines is 1. The molecule has 1 aromatic carbocycles. The van der Waals surface area contributed by atoms with E-state index in [1.807, 2.05) is 6.07 Å². The second kappa shape index (κ2) is 9.17. The zero-order chi connectivity index (χ0) is 21.9. The summed E-state index contributed by atoms with van der Waals surface area (Å²) < 4.78 is 45.4. The summed E-state index contributed by atoms with van der Waals surface area (Å²) in [6.45, 7) is 3.78. The molecule has 0 N–H and O–H groups in total. The second-order valence-electron chi connectivity index (χ2n) is 7.69. The molecular weight excluding hydrogens is 420 g/mol. The zero-order valence-corrected chi connectivity index (χ0v) is 17.4. The lowest BCUT2D eigenvalue weighted by atomic mass is 10.1. The fourth-order valence-electron chi connectivity index (χ4n) is 3.74. The van der Waals surface area contributed by atoms with Crippen molar-refractivity contribution in [1.29, 1.82) is 0 Å². The van der Waals surface area contributed by atoms with Gasteiger partial charge in [0.15, 0.2) is 17.5 Å². The van der Waals surface area contributed by atoms with Gasteiger partial charge in [-0.2, -0.15) is 15.1 Å². The second-order valence-corrected chi connectivity index (χ2v) is 7.69. The monoisotopic (exact) mass is 443 g/mol. The molecule has 168 valence electrons. The lowest BCUT2D eigenvalue weighted by molar-refractivity contribution is 0.0645. The highest BCUT2D eigenvalue weighted by molar-refractivity contribution is 5.59. The molecule has 1 unspecified atom stereocenters. The first-order valence-electron chi connectivity index (χ1n) is 10.6. The van der Waals surface area contributed by atoms with E-state index < -0.39 is 11.6 Å². The van der Waals surface area contributed by atoms with Crippen LogP contribution in [0.5, 0.6) is 6.01 Å². The van der Waals surface area contributed by atoms with E-state index in [-0.39, 0.29) is 12.1 Å². The SMILES string of the molecule is Fc1ccc(-c2ccn(-c3cc(N4CCOCC4)nc(OCC4CCCO4)n3)n2)cc1F. The van der Waals surface area contributed by atoms with Crippen molar-refractivity contribution in [3.8, 4) is 23.1 Å². The van der Waals surface area contributed by atoms with E-state index >= 15 is 0 Å². The predicted molar refractivity (Wildman–Crippen MR) is 112 cm³/mol. The Bertz CT molecular complexity index is 1080. The van der Waals surface area contributed by atoms with E-state index in [1.54, 1.807) is 16.9 Å². The molecule has 2 saturated heterocycles. The Balaban J connectivity index is 1.44. The minimum absolute atomic E-state index is 0.0405. The molecule has 2 aromatic heterocycles. The molecule has 3 aromatic rings. The topological polar surface area (TPSA) is 74.5 Å². The number of morpholine rings is 1. The quantitative estimate of drug-likeness (QED) is 0.580. The Morgan fingerprint density at radius 2 is 1.84 bits per heavy atom. The Kier molecular flexibility index (Phi) is 5.95. The van der Waals surface area contributed by atoms with Gasteiger partial charge in [-0.1, -0.05) is 0 Å². The number of rotatable bonds is 6. The van der Waals surface area contributed by atoms with Crippen molar-refractivity contribution >= 4 is 5.82 Å². The van der Waals surface area contributed by atoms with Crippen LogP contribution in [0.15, 0.2) is 36.5 Å². The van der Waals surface area contributed by atoms with Gasteiger partial charge in [-0.3, -0.25) is 0 Å². The van der Waals surface area contributed by atoms with Crippen molar-refractivity contribution in [2.45, 2.75) is 18.9 Å². The van der Waals surface area contributed by atoms with Gasteiger partial charge in [0.25, 0.3) is 0 Å². The lowest BCUT2D eigenvalue weighted by Crippen LogP contribution is -2.37. The van der Waals surface area contributed by atoms with E-state index in [1.165, 1.54) is 6.07 Å². The van der Waals surface area contributed by atoms with Crippen LogP contribution in [0.2, 0.25) is 0 Å². The Labute approximate surface area is 183 Å². The van der Waals surface area contributed by atoms with Crippen LogP contribution in [0.25, 0.3) is 17.1 Å². The third kappa shape index (κ3) is 4.56. The fraction of sp³-hybridized carbons (Fsp3) is 0.409. The van der Waals surface area contributed by atoms with Gasteiger partial charge in [-0.25, -0.2) is 13.5 Å². The van der Waals surface area contributed by atoms with Crippen molar-refractivity contribution < 1.29 is 23.0 Å². The van der Waals surface area contributed by atoms with Crippen LogP contribution in [0.1, 0.15) is 12.8 Å². The van der Waals surface area contributed by atoms with Crippen LogP contribution in [-0.2, 0) is 9.47 Å². The van der Waals surface area contributed by atoms with Crippen LogP contribution in [0.3, 0.4) is 0 Å². The molecule has 2 fully saturated rings. The average Bonchev–Trinajstić information content (AvgIpc) is 3.52. The summed E-state index contributed by atoms with van der Waals surface area (Å²) in [6, 6.07) is 7.48. The van der Waals surface area contributed by atoms with Gasteiger partial charge in [0.2, 0.25) is 0 Å². The summed E-state index contributed by atoms with van der Waals surface area (Å²) >= 11 is 0. The van der Waals surface area contributed by atoms with E-state index in [9.17, 15) is 8.78 Å². The van der Waals surface area contributed by atoms with E-state index in [2.05, 4.69) is 20.0 Å². The third-order valence-electron chi connectivity index (χ3n) is 5.48. The van der Waals surface area contributed by atoms with Gasteiger partial charge in [0.05, 0.1) is 25.0 Å². The summed E-state index contributed by atoms with van der Waals surface area (Å²) in [6.07, 6.45) is 3.73. The van der Waals surface area contributed by atoms with Gasteiger partial charge < -0.3 is 19.1 Å².